The van der Waals surface area contributed by atoms with Crippen molar-refractivity contribution < 1.29 is 9.72 Å². The second-order valence-electron chi connectivity index (χ2n) is 2.95. The Labute approximate surface area is 93.9 Å². The fraction of sp³-hybridized carbons (Fsp3) is 0.375. The number of carbonyl (C=O) groups excluding carboxylic acids is 1. The SMILES string of the molecule is CC1=CC=CC(C(=O)Cl)C1(Br)[N+](=O)[O-]. The van der Waals surface area contributed by atoms with Crippen LogP contribution in [0.15, 0.2) is 23.8 Å². The van der Waals surface area contributed by atoms with Crippen molar-refractivity contribution in [1.82, 2.24) is 0 Å². The van der Waals surface area contributed by atoms with E-state index in [1.165, 1.54) is 6.08 Å². The molecule has 0 fully saturated rings. The molecule has 14 heavy (non-hydrogen) atoms. The van der Waals surface area contributed by atoms with Crippen molar-refractivity contribution in [1.29, 1.82) is 0 Å². The first-order chi connectivity index (χ1) is 6.40. The smallest absolute Gasteiger partial charge is 0.280 e. The normalized spacial score (nSPS) is 31.1. The Hall–Kier alpha value is -0.680. The molecule has 0 N–H and O–H groups in total. The molecule has 6 heteroatoms. The van der Waals surface area contributed by atoms with Crippen LogP contribution in [0.1, 0.15) is 6.92 Å². The van der Waals surface area contributed by atoms with Crippen LogP contribution in [0, 0.1) is 16.0 Å². The van der Waals surface area contributed by atoms with Gasteiger partial charge >= 0.3 is 4.45 Å². The number of allylic oxidation sites excluding steroid dienone is 2. The number of nitrogens with zero attached hydrogens (tertiary/aromatic N) is 1. The predicted molar refractivity (Wildman–Crippen MR) is 55.9 cm³/mol. The molecule has 0 aromatic rings. The number of hydrogen-bond acceptors (Lipinski definition) is 3. The van der Waals surface area contributed by atoms with Crippen molar-refractivity contribution in [3.8, 4) is 0 Å². The summed E-state index contributed by atoms with van der Waals surface area (Å²) in [4.78, 5) is 21.3. The quantitative estimate of drug-likeness (QED) is 0.256. The van der Waals surface area contributed by atoms with Gasteiger partial charge in [0.2, 0.25) is 5.24 Å². The Morgan fingerprint density at radius 1 is 1.79 bits per heavy atom. The van der Waals surface area contributed by atoms with Gasteiger partial charge in [0, 0.05) is 26.4 Å². The van der Waals surface area contributed by atoms with Gasteiger partial charge in [-0.1, -0.05) is 18.2 Å². The van der Waals surface area contributed by atoms with Crippen LogP contribution in [0.4, 0.5) is 0 Å². The van der Waals surface area contributed by atoms with E-state index < -0.39 is 20.5 Å². The molecule has 76 valence electrons. The average molecular weight is 281 g/mol. The van der Waals surface area contributed by atoms with Gasteiger partial charge in [0.05, 0.1) is 0 Å². The number of carbonyl (C=O) groups is 1. The Kier molecular flexibility index (Phi) is 3.11. The summed E-state index contributed by atoms with van der Waals surface area (Å²) >= 11 is 8.27. The molecule has 1 rings (SSSR count). The summed E-state index contributed by atoms with van der Waals surface area (Å²) in [5.74, 6) is -0.968. The van der Waals surface area contributed by atoms with E-state index in [1.54, 1.807) is 19.1 Å². The van der Waals surface area contributed by atoms with Gasteiger partial charge in [-0.15, -0.1) is 0 Å². The van der Waals surface area contributed by atoms with Gasteiger partial charge in [-0.3, -0.25) is 14.9 Å². The summed E-state index contributed by atoms with van der Waals surface area (Å²) in [7, 11) is 0. The minimum Gasteiger partial charge on any atom is -0.280 e. The maximum Gasteiger partial charge on any atom is 0.310 e. The predicted octanol–water partition coefficient (Wildman–Crippen LogP) is 2.25. The molecule has 1 aliphatic rings. The van der Waals surface area contributed by atoms with Crippen molar-refractivity contribution in [2.75, 3.05) is 0 Å². The van der Waals surface area contributed by atoms with Gasteiger partial charge < -0.3 is 0 Å². The summed E-state index contributed by atoms with van der Waals surface area (Å²) in [5.41, 5.74) is 0.448. The first kappa shape index (κ1) is 11.4. The highest BCUT2D eigenvalue weighted by atomic mass is 79.9. The molecule has 0 aromatic carbocycles. The van der Waals surface area contributed by atoms with Crippen LogP contribution in [0.25, 0.3) is 0 Å². The molecule has 0 saturated heterocycles. The average Bonchev–Trinajstić information content (AvgIpc) is 2.08. The van der Waals surface area contributed by atoms with Crippen LogP contribution in [0.5, 0.6) is 0 Å². The van der Waals surface area contributed by atoms with Crippen molar-refractivity contribution in [2.24, 2.45) is 5.92 Å². The first-order valence-electron chi connectivity index (χ1n) is 3.79. The molecule has 0 spiro atoms. The van der Waals surface area contributed by atoms with E-state index in [0.29, 0.717) is 5.57 Å². The maximum atomic E-state index is 11.0. The fourth-order valence-corrected chi connectivity index (χ4v) is 2.14. The van der Waals surface area contributed by atoms with Gasteiger partial charge in [-0.2, -0.15) is 0 Å². The highest BCUT2D eigenvalue weighted by molar-refractivity contribution is 9.10. The van der Waals surface area contributed by atoms with Gasteiger partial charge in [0.25, 0.3) is 0 Å². The van der Waals surface area contributed by atoms with Crippen LogP contribution in [-0.2, 0) is 4.79 Å². The minimum atomic E-state index is -1.60. The zero-order valence-corrected chi connectivity index (χ0v) is 9.58. The molecule has 0 amide bonds. The lowest BCUT2D eigenvalue weighted by Gasteiger charge is -2.26. The fourth-order valence-electron chi connectivity index (χ4n) is 1.28. The van der Waals surface area contributed by atoms with Crippen molar-refractivity contribution >= 4 is 32.8 Å². The second-order valence-corrected chi connectivity index (χ2v) is 4.53. The van der Waals surface area contributed by atoms with Crippen LogP contribution in [0.3, 0.4) is 0 Å². The molecular weight excluding hydrogens is 273 g/mol. The largest absolute Gasteiger partial charge is 0.310 e. The van der Waals surface area contributed by atoms with Crippen molar-refractivity contribution in [3.63, 3.8) is 0 Å². The van der Waals surface area contributed by atoms with Crippen molar-refractivity contribution in [2.45, 2.75) is 11.4 Å². The lowest BCUT2D eigenvalue weighted by atomic mass is 9.90. The molecule has 0 radical (unpaired) electrons. The van der Waals surface area contributed by atoms with E-state index in [0.717, 1.165) is 0 Å². The maximum absolute atomic E-state index is 11.0. The lowest BCUT2D eigenvalue weighted by Crippen LogP contribution is -2.43. The third kappa shape index (κ3) is 1.62. The monoisotopic (exact) mass is 279 g/mol. The van der Waals surface area contributed by atoms with Crippen LogP contribution in [0.2, 0.25) is 0 Å². The number of halogens is 2. The Morgan fingerprint density at radius 2 is 2.36 bits per heavy atom. The molecule has 0 aliphatic heterocycles. The summed E-state index contributed by atoms with van der Waals surface area (Å²) in [6.45, 7) is 1.58. The Morgan fingerprint density at radius 3 is 2.71 bits per heavy atom. The lowest BCUT2D eigenvalue weighted by molar-refractivity contribution is -0.529. The summed E-state index contributed by atoms with van der Waals surface area (Å²) in [6, 6.07) is 0. The number of rotatable bonds is 2. The van der Waals surface area contributed by atoms with E-state index in [2.05, 4.69) is 15.9 Å². The molecule has 0 saturated carbocycles. The van der Waals surface area contributed by atoms with E-state index in [1.807, 2.05) is 0 Å². The molecule has 2 unspecified atom stereocenters. The zero-order valence-electron chi connectivity index (χ0n) is 7.24. The van der Waals surface area contributed by atoms with Gasteiger partial charge in [0.15, 0.2) is 0 Å². The molecular formula is C8H7BrClNO3. The summed E-state index contributed by atoms with van der Waals surface area (Å²) < 4.78 is -1.60. The molecule has 0 bridgehead atoms. The van der Waals surface area contributed by atoms with Crippen molar-refractivity contribution in [3.05, 3.63) is 33.9 Å². The van der Waals surface area contributed by atoms with Crippen LogP contribution < -0.4 is 0 Å². The summed E-state index contributed by atoms with van der Waals surface area (Å²) in [6.07, 6.45) is 4.58. The van der Waals surface area contributed by atoms with Gasteiger partial charge in [-0.05, 0) is 18.5 Å². The third-order valence-corrected chi connectivity index (χ3v) is 3.77. The zero-order chi connectivity index (χ0) is 10.9. The van der Waals surface area contributed by atoms with E-state index in [9.17, 15) is 14.9 Å². The molecule has 1 aliphatic carbocycles. The summed E-state index contributed by atoms with van der Waals surface area (Å²) in [5, 5.41) is 10.1. The molecule has 4 nitrogen and oxygen atoms in total. The molecule has 0 heterocycles. The van der Waals surface area contributed by atoms with Gasteiger partial charge in [0.1, 0.15) is 5.92 Å². The van der Waals surface area contributed by atoms with E-state index in [-0.39, 0.29) is 0 Å². The van der Waals surface area contributed by atoms with E-state index >= 15 is 0 Å². The molecule has 2 atom stereocenters. The van der Waals surface area contributed by atoms with E-state index in [4.69, 9.17) is 11.6 Å². The first-order valence-corrected chi connectivity index (χ1v) is 4.96. The Balaban J connectivity index is 3.22. The van der Waals surface area contributed by atoms with Crippen LogP contribution in [-0.4, -0.2) is 14.6 Å². The highest BCUT2D eigenvalue weighted by Crippen LogP contribution is 2.40. The number of hydrogen-bond donors (Lipinski definition) is 0. The number of nitro groups is 1. The molecule has 0 aromatic heterocycles. The highest BCUT2D eigenvalue weighted by Gasteiger charge is 2.52. The Bertz CT molecular complexity index is 352. The second kappa shape index (κ2) is 3.82. The topological polar surface area (TPSA) is 60.2 Å². The van der Waals surface area contributed by atoms with Gasteiger partial charge in [-0.25, -0.2) is 0 Å². The van der Waals surface area contributed by atoms with Crippen LogP contribution >= 0.6 is 27.5 Å². The third-order valence-electron chi connectivity index (χ3n) is 2.13. The number of alkyl halides is 1. The standard InChI is InChI=1S/C8H7BrClNO3/c1-5-3-2-4-6(7(10)12)8(5,9)11(13)14/h2-4,6H,1H3. The minimum absolute atomic E-state index is 0.448.